The van der Waals surface area contributed by atoms with Gasteiger partial charge in [-0.25, -0.2) is 0 Å². The van der Waals surface area contributed by atoms with Crippen LogP contribution in [0.4, 0.5) is 0 Å². The van der Waals surface area contributed by atoms with Gasteiger partial charge in [-0.05, 0) is 32.1 Å². The number of allylic oxidation sites excluding steroid dienone is 2. The van der Waals surface area contributed by atoms with Crippen LogP contribution in [0.15, 0.2) is 12.2 Å². The molecule has 0 aliphatic rings. The van der Waals surface area contributed by atoms with E-state index in [1.807, 2.05) is 0 Å². The topological polar surface area (TPSA) is 26.3 Å². The monoisotopic (exact) mass is 392 g/mol. The van der Waals surface area contributed by atoms with Gasteiger partial charge in [-0.1, -0.05) is 70.4 Å². The van der Waals surface area contributed by atoms with Crippen LogP contribution in [0.25, 0.3) is 0 Å². The van der Waals surface area contributed by atoms with Crippen LogP contribution in [0, 0.1) is 0 Å². The predicted molar refractivity (Wildman–Crippen MR) is 111 cm³/mol. The molecule has 2 nitrogen and oxygen atoms in total. The first-order valence-corrected chi connectivity index (χ1v) is 11.3. The van der Waals surface area contributed by atoms with E-state index in [4.69, 9.17) is 27.9 Å². The van der Waals surface area contributed by atoms with E-state index in [2.05, 4.69) is 19.1 Å². The normalized spacial score (nSPS) is 11.5. The van der Waals surface area contributed by atoms with Crippen LogP contribution in [0.1, 0.15) is 96.8 Å². The third-order valence-electron chi connectivity index (χ3n) is 4.29. The Morgan fingerprint density at radius 2 is 1.28 bits per heavy atom. The largest absolute Gasteiger partial charge is 0.460 e. The van der Waals surface area contributed by atoms with Crippen molar-refractivity contribution in [3.8, 4) is 0 Å². The Hall–Kier alpha value is -0.210. The smallest absolute Gasteiger partial charge is 0.306 e. The molecule has 0 rings (SSSR count). The molecule has 0 fully saturated rings. The molecule has 0 aromatic carbocycles. The molecule has 0 aromatic rings. The summed E-state index contributed by atoms with van der Waals surface area (Å²) < 4.78 is 5.16. The van der Waals surface area contributed by atoms with E-state index in [0.29, 0.717) is 6.42 Å². The van der Waals surface area contributed by atoms with Crippen molar-refractivity contribution in [1.29, 1.82) is 0 Å². The van der Waals surface area contributed by atoms with Crippen LogP contribution in [-0.2, 0) is 9.53 Å². The number of alkyl halides is 2. The maximum Gasteiger partial charge on any atom is 0.306 e. The minimum absolute atomic E-state index is 0.177. The molecule has 0 aliphatic carbocycles. The Morgan fingerprint density at radius 3 is 1.80 bits per heavy atom. The third-order valence-corrected chi connectivity index (χ3v) is 4.97. The third kappa shape index (κ3) is 18.4. The van der Waals surface area contributed by atoms with E-state index in [1.165, 1.54) is 70.6 Å². The highest BCUT2D eigenvalue weighted by Crippen LogP contribution is 2.11. The van der Waals surface area contributed by atoms with Crippen molar-refractivity contribution in [3.63, 3.8) is 0 Å². The maximum atomic E-state index is 11.6. The zero-order valence-electron chi connectivity index (χ0n) is 16.1. The zero-order chi connectivity index (χ0) is 18.6. The molecule has 0 amide bonds. The number of halogens is 2. The molecule has 0 aromatic heterocycles. The van der Waals surface area contributed by atoms with Crippen molar-refractivity contribution in [2.75, 3.05) is 11.8 Å². The molecule has 0 aliphatic heterocycles. The van der Waals surface area contributed by atoms with Gasteiger partial charge in [0.05, 0.1) is 11.8 Å². The van der Waals surface area contributed by atoms with Crippen molar-refractivity contribution in [2.24, 2.45) is 0 Å². The van der Waals surface area contributed by atoms with E-state index >= 15 is 0 Å². The lowest BCUT2D eigenvalue weighted by Crippen LogP contribution is -2.21. The molecule has 0 saturated heterocycles. The van der Waals surface area contributed by atoms with Crippen molar-refractivity contribution < 1.29 is 9.53 Å². The highest BCUT2D eigenvalue weighted by atomic mass is 35.5. The summed E-state index contributed by atoms with van der Waals surface area (Å²) in [6.45, 7) is 2.26. The van der Waals surface area contributed by atoms with E-state index in [0.717, 1.165) is 12.8 Å². The molecule has 0 unspecified atom stereocenters. The molecule has 0 spiro atoms. The van der Waals surface area contributed by atoms with E-state index < -0.39 is 0 Å². The molecule has 0 bridgehead atoms. The lowest BCUT2D eigenvalue weighted by molar-refractivity contribution is -0.147. The van der Waals surface area contributed by atoms with Crippen molar-refractivity contribution in [2.45, 2.75) is 103 Å². The number of unbranched alkanes of at least 4 members (excludes halogenated alkanes) is 11. The van der Waals surface area contributed by atoms with Gasteiger partial charge in [0.15, 0.2) is 0 Å². The second kappa shape index (κ2) is 20.1. The van der Waals surface area contributed by atoms with Gasteiger partial charge in [-0.15, -0.1) is 23.2 Å². The first kappa shape index (κ1) is 24.8. The number of rotatable bonds is 18. The van der Waals surface area contributed by atoms with Crippen molar-refractivity contribution in [3.05, 3.63) is 12.2 Å². The number of hydrogen-bond acceptors (Lipinski definition) is 2. The number of hydrogen-bond donors (Lipinski definition) is 0. The lowest BCUT2D eigenvalue weighted by atomic mass is 10.1. The fraction of sp³-hybridized carbons (Fsp3) is 0.857. The Kier molecular flexibility index (Phi) is 19.9. The Bertz CT molecular complexity index is 315. The van der Waals surface area contributed by atoms with Crippen molar-refractivity contribution >= 4 is 29.2 Å². The summed E-state index contributed by atoms with van der Waals surface area (Å²) >= 11 is 11.3. The van der Waals surface area contributed by atoms with Crippen LogP contribution in [0.3, 0.4) is 0 Å². The van der Waals surface area contributed by atoms with Gasteiger partial charge in [-0.2, -0.15) is 0 Å². The highest BCUT2D eigenvalue weighted by molar-refractivity contribution is 6.21. The fourth-order valence-corrected chi connectivity index (χ4v) is 3.15. The van der Waals surface area contributed by atoms with Crippen LogP contribution >= 0.6 is 23.2 Å². The molecule has 25 heavy (non-hydrogen) atoms. The summed E-state index contributed by atoms with van der Waals surface area (Å²) in [5, 5.41) is 0. The Labute approximate surface area is 165 Å². The molecule has 148 valence electrons. The summed E-state index contributed by atoms with van der Waals surface area (Å²) in [6, 6.07) is 0. The van der Waals surface area contributed by atoms with Gasteiger partial charge >= 0.3 is 5.97 Å². The van der Waals surface area contributed by atoms with Gasteiger partial charge in [0.1, 0.15) is 6.10 Å². The molecule has 0 heterocycles. The zero-order valence-corrected chi connectivity index (χ0v) is 17.6. The second-order valence-electron chi connectivity index (χ2n) is 6.75. The average molecular weight is 393 g/mol. The number of esters is 1. The molecule has 0 radical (unpaired) electrons. The second-order valence-corrected chi connectivity index (χ2v) is 7.37. The van der Waals surface area contributed by atoms with E-state index in [9.17, 15) is 4.79 Å². The summed E-state index contributed by atoms with van der Waals surface area (Å²) in [4.78, 5) is 11.6. The minimum atomic E-state index is -0.348. The Morgan fingerprint density at radius 1 is 0.800 bits per heavy atom. The van der Waals surface area contributed by atoms with Crippen LogP contribution < -0.4 is 0 Å². The molecular weight excluding hydrogens is 355 g/mol. The van der Waals surface area contributed by atoms with Crippen LogP contribution in [0.2, 0.25) is 0 Å². The lowest BCUT2D eigenvalue weighted by Gasteiger charge is -2.11. The van der Waals surface area contributed by atoms with Crippen LogP contribution in [-0.4, -0.2) is 23.8 Å². The maximum absolute atomic E-state index is 11.6. The molecule has 0 N–H and O–H groups in total. The first-order chi connectivity index (χ1) is 12.2. The quantitative estimate of drug-likeness (QED) is 0.105. The van der Waals surface area contributed by atoms with E-state index in [1.54, 1.807) is 0 Å². The molecular formula is C21H38Cl2O2. The fourth-order valence-electron chi connectivity index (χ4n) is 2.69. The molecule has 0 atom stereocenters. The molecule has 0 saturated carbocycles. The van der Waals surface area contributed by atoms with Gasteiger partial charge < -0.3 is 4.74 Å². The summed E-state index contributed by atoms with van der Waals surface area (Å²) in [6.07, 6.45) is 21.1. The number of ether oxygens (including phenoxy) is 1. The summed E-state index contributed by atoms with van der Waals surface area (Å²) in [5.74, 6) is 0.354. The van der Waals surface area contributed by atoms with Gasteiger partial charge in [0, 0.05) is 6.42 Å². The summed E-state index contributed by atoms with van der Waals surface area (Å²) in [5.41, 5.74) is 0. The van der Waals surface area contributed by atoms with Gasteiger partial charge in [-0.3, -0.25) is 4.79 Å². The van der Waals surface area contributed by atoms with E-state index in [-0.39, 0.29) is 23.8 Å². The predicted octanol–water partition coefficient (Wildman–Crippen LogP) is 7.41. The first-order valence-electron chi connectivity index (χ1n) is 10.2. The highest BCUT2D eigenvalue weighted by Gasteiger charge is 2.11. The van der Waals surface area contributed by atoms with Crippen LogP contribution in [0.5, 0.6) is 0 Å². The van der Waals surface area contributed by atoms with Gasteiger partial charge in [0.25, 0.3) is 0 Å². The van der Waals surface area contributed by atoms with Gasteiger partial charge in [0.2, 0.25) is 0 Å². The summed E-state index contributed by atoms with van der Waals surface area (Å²) in [7, 11) is 0. The minimum Gasteiger partial charge on any atom is -0.460 e. The standard InChI is InChI=1S/C21H38Cl2O2/c1-2-3-4-5-6-7-8-9-10-11-12-13-14-15-16-17-21(24)25-20(18-22)19-23/h9-10,20H,2-8,11-19H2,1H3/b10-9-. The Balaban J connectivity index is 3.28. The number of carbonyl (C=O) groups excluding carboxylic acids is 1. The SMILES string of the molecule is CCCCCCCC/C=C\CCCCCCCC(=O)OC(CCl)CCl. The number of carbonyl (C=O) groups is 1. The average Bonchev–Trinajstić information content (AvgIpc) is 2.62. The molecule has 4 heteroatoms. The van der Waals surface area contributed by atoms with Crippen molar-refractivity contribution in [1.82, 2.24) is 0 Å².